The molecule has 2 aromatic rings. The normalized spacial score (nSPS) is 14.8. The Morgan fingerprint density at radius 3 is 2.40 bits per heavy atom. The Kier molecular flexibility index (Phi) is 4.67. The van der Waals surface area contributed by atoms with E-state index in [9.17, 15) is 4.79 Å². The van der Waals surface area contributed by atoms with Crippen LogP contribution in [0.25, 0.3) is 11.4 Å². The molecule has 1 saturated carbocycles. The first-order valence-corrected chi connectivity index (χ1v) is 9.00. The molecule has 25 heavy (non-hydrogen) atoms. The SMILES string of the molecule is CC(C)COc1nc(-c2ccc(C(C)(C)C)cc2)n(C(=O)C2CC2)n1. The van der Waals surface area contributed by atoms with Gasteiger partial charge >= 0.3 is 6.01 Å². The highest BCUT2D eigenvalue weighted by molar-refractivity contribution is 5.86. The lowest BCUT2D eigenvalue weighted by Gasteiger charge is -2.19. The van der Waals surface area contributed by atoms with Gasteiger partial charge in [0.05, 0.1) is 6.61 Å². The van der Waals surface area contributed by atoms with E-state index in [1.807, 2.05) is 12.1 Å². The Bertz CT molecular complexity index is 750. The van der Waals surface area contributed by atoms with Crippen molar-refractivity contribution in [3.05, 3.63) is 29.8 Å². The molecule has 0 unspecified atom stereocenters. The van der Waals surface area contributed by atoms with Gasteiger partial charge in [-0.1, -0.05) is 58.9 Å². The molecule has 1 fully saturated rings. The van der Waals surface area contributed by atoms with Gasteiger partial charge in [-0.15, -0.1) is 5.10 Å². The number of aromatic nitrogens is 3. The molecule has 0 atom stereocenters. The molecule has 0 radical (unpaired) electrons. The lowest BCUT2D eigenvalue weighted by atomic mass is 9.87. The Morgan fingerprint density at radius 2 is 1.88 bits per heavy atom. The molecular weight excluding hydrogens is 314 g/mol. The monoisotopic (exact) mass is 341 g/mol. The molecule has 1 aromatic carbocycles. The highest BCUT2D eigenvalue weighted by Gasteiger charge is 2.34. The zero-order valence-corrected chi connectivity index (χ0v) is 15.7. The average molecular weight is 341 g/mol. The number of nitrogens with zero attached hydrogens (tertiary/aromatic N) is 3. The first-order chi connectivity index (χ1) is 11.8. The summed E-state index contributed by atoms with van der Waals surface area (Å²) in [6.45, 7) is 11.2. The molecule has 1 aliphatic carbocycles. The third-order valence-electron chi connectivity index (χ3n) is 4.28. The lowest BCUT2D eigenvalue weighted by Crippen LogP contribution is -2.16. The van der Waals surface area contributed by atoms with Gasteiger partial charge in [0.2, 0.25) is 0 Å². The van der Waals surface area contributed by atoms with Gasteiger partial charge in [-0.25, -0.2) is 0 Å². The molecular formula is C20H27N3O2. The Balaban J connectivity index is 1.93. The Hall–Kier alpha value is -2.17. The van der Waals surface area contributed by atoms with E-state index in [-0.39, 0.29) is 23.3 Å². The summed E-state index contributed by atoms with van der Waals surface area (Å²) >= 11 is 0. The van der Waals surface area contributed by atoms with Crippen LogP contribution in [0, 0.1) is 11.8 Å². The van der Waals surface area contributed by atoms with Crippen LogP contribution in [0.4, 0.5) is 0 Å². The summed E-state index contributed by atoms with van der Waals surface area (Å²) in [7, 11) is 0. The van der Waals surface area contributed by atoms with Crippen LogP contribution in [0.15, 0.2) is 24.3 Å². The number of carbonyl (C=O) groups excluding carboxylic acids is 1. The van der Waals surface area contributed by atoms with E-state index < -0.39 is 0 Å². The van der Waals surface area contributed by atoms with Crippen molar-refractivity contribution in [1.29, 1.82) is 0 Å². The van der Waals surface area contributed by atoms with Crippen molar-refractivity contribution in [2.75, 3.05) is 6.61 Å². The molecule has 1 aliphatic rings. The minimum atomic E-state index is 0.0156. The second-order valence-corrected chi connectivity index (χ2v) is 8.27. The zero-order valence-electron chi connectivity index (χ0n) is 15.7. The molecule has 3 rings (SSSR count). The molecule has 134 valence electrons. The summed E-state index contributed by atoms with van der Waals surface area (Å²) in [5.74, 6) is 1.03. The highest BCUT2D eigenvalue weighted by Crippen LogP contribution is 2.33. The van der Waals surface area contributed by atoms with Crippen molar-refractivity contribution in [1.82, 2.24) is 14.8 Å². The van der Waals surface area contributed by atoms with Gasteiger partial charge in [0, 0.05) is 11.5 Å². The molecule has 0 aliphatic heterocycles. The fourth-order valence-corrected chi connectivity index (χ4v) is 2.56. The molecule has 5 nitrogen and oxygen atoms in total. The topological polar surface area (TPSA) is 57.0 Å². The molecule has 1 aromatic heterocycles. The predicted octanol–water partition coefficient (Wildman–Crippen LogP) is 4.33. The minimum absolute atomic E-state index is 0.0156. The Labute approximate surface area is 149 Å². The van der Waals surface area contributed by atoms with E-state index in [1.165, 1.54) is 10.2 Å². The molecule has 0 bridgehead atoms. The standard InChI is InChI=1S/C20H27N3O2/c1-13(2)12-25-19-21-17(23(22-19)18(24)15-6-7-15)14-8-10-16(11-9-14)20(3,4)5/h8-11,13,15H,6-7,12H2,1-5H3. The van der Waals surface area contributed by atoms with Gasteiger partial charge in [0.15, 0.2) is 5.82 Å². The van der Waals surface area contributed by atoms with Crippen molar-refractivity contribution in [3.63, 3.8) is 0 Å². The van der Waals surface area contributed by atoms with Gasteiger partial charge in [-0.3, -0.25) is 4.79 Å². The third kappa shape index (κ3) is 4.09. The average Bonchev–Trinajstić information content (AvgIpc) is 3.31. The van der Waals surface area contributed by atoms with Crippen LogP contribution in [-0.2, 0) is 5.41 Å². The van der Waals surface area contributed by atoms with Gasteiger partial charge in [-0.05, 0) is 29.7 Å². The predicted molar refractivity (Wildman–Crippen MR) is 97.8 cm³/mol. The second-order valence-electron chi connectivity index (χ2n) is 8.27. The van der Waals surface area contributed by atoms with Crippen molar-refractivity contribution >= 4 is 5.91 Å². The van der Waals surface area contributed by atoms with Crippen LogP contribution < -0.4 is 4.74 Å². The van der Waals surface area contributed by atoms with Crippen LogP contribution in [0.5, 0.6) is 6.01 Å². The highest BCUT2D eigenvalue weighted by atomic mass is 16.5. The number of ether oxygens (including phenoxy) is 1. The molecule has 0 spiro atoms. The third-order valence-corrected chi connectivity index (χ3v) is 4.28. The minimum Gasteiger partial charge on any atom is -0.462 e. The largest absolute Gasteiger partial charge is 0.462 e. The van der Waals surface area contributed by atoms with Crippen molar-refractivity contribution in [2.24, 2.45) is 11.8 Å². The van der Waals surface area contributed by atoms with Crippen LogP contribution in [-0.4, -0.2) is 27.3 Å². The van der Waals surface area contributed by atoms with Gasteiger partial charge < -0.3 is 4.74 Å². The number of benzene rings is 1. The fourth-order valence-electron chi connectivity index (χ4n) is 2.56. The van der Waals surface area contributed by atoms with Gasteiger partial charge in [-0.2, -0.15) is 9.67 Å². The van der Waals surface area contributed by atoms with E-state index in [0.29, 0.717) is 18.3 Å². The first kappa shape index (κ1) is 17.6. The zero-order chi connectivity index (χ0) is 18.2. The van der Waals surface area contributed by atoms with Gasteiger partial charge in [0.1, 0.15) is 0 Å². The maximum absolute atomic E-state index is 12.6. The van der Waals surface area contributed by atoms with Crippen molar-refractivity contribution in [3.8, 4) is 17.4 Å². The van der Waals surface area contributed by atoms with E-state index in [2.05, 4.69) is 56.8 Å². The Morgan fingerprint density at radius 1 is 1.24 bits per heavy atom. The fraction of sp³-hybridized carbons (Fsp3) is 0.550. The second kappa shape index (κ2) is 6.62. The van der Waals surface area contributed by atoms with Crippen LogP contribution >= 0.6 is 0 Å². The van der Waals surface area contributed by atoms with Crippen LogP contribution in [0.3, 0.4) is 0 Å². The number of rotatable bonds is 5. The molecule has 0 saturated heterocycles. The van der Waals surface area contributed by atoms with E-state index in [4.69, 9.17) is 4.74 Å². The smallest absolute Gasteiger partial charge is 0.336 e. The van der Waals surface area contributed by atoms with E-state index in [0.717, 1.165) is 18.4 Å². The summed E-state index contributed by atoms with van der Waals surface area (Å²) in [6.07, 6.45) is 1.87. The molecule has 0 amide bonds. The van der Waals surface area contributed by atoms with Crippen molar-refractivity contribution in [2.45, 2.75) is 52.9 Å². The molecule has 0 N–H and O–H groups in total. The summed E-state index contributed by atoms with van der Waals surface area (Å²) in [5, 5.41) is 4.32. The summed E-state index contributed by atoms with van der Waals surface area (Å²) < 4.78 is 7.07. The summed E-state index contributed by atoms with van der Waals surface area (Å²) in [4.78, 5) is 17.1. The maximum Gasteiger partial charge on any atom is 0.336 e. The van der Waals surface area contributed by atoms with Crippen LogP contribution in [0.1, 0.15) is 57.8 Å². The van der Waals surface area contributed by atoms with E-state index >= 15 is 0 Å². The summed E-state index contributed by atoms with van der Waals surface area (Å²) in [5.41, 5.74) is 2.21. The quantitative estimate of drug-likeness (QED) is 0.812. The molecule has 1 heterocycles. The molecule has 5 heteroatoms. The van der Waals surface area contributed by atoms with Gasteiger partial charge in [0.25, 0.3) is 5.91 Å². The lowest BCUT2D eigenvalue weighted by molar-refractivity contribution is 0.0869. The van der Waals surface area contributed by atoms with Crippen LogP contribution in [0.2, 0.25) is 0 Å². The number of carbonyl (C=O) groups is 1. The number of hydrogen-bond donors (Lipinski definition) is 0. The van der Waals surface area contributed by atoms with Crippen molar-refractivity contribution < 1.29 is 9.53 Å². The first-order valence-electron chi connectivity index (χ1n) is 9.00. The summed E-state index contributed by atoms with van der Waals surface area (Å²) in [6, 6.07) is 8.47. The maximum atomic E-state index is 12.6. The van der Waals surface area contributed by atoms with E-state index in [1.54, 1.807) is 0 Å². The number of hydrogen-bond acceptors (Lipinski definition) is 4.